The lowest BCUT2D eigenvalue weighted by molar-refractivity contribution is -0.338. The summed E-state index contributed by atoms with van der Waals surface area (Å²) in [5, 5.41) is 0. The number of ether oxygens (including phenoxy) is 2. The van der Waals surface area contributed by atoms with Crippen LogP contribution in [0.5, 0.6) is 0 Å². The first-order chi connectivity index (χ1) is 7.27. The van der Waals surface area contributed by atoms with Gasteiger partial charge in [0.25, 0.3) is 0 Å². The van der Waals surface area contributed by atoms with Gasteiger partial charge in [0.15, 0.2) is 5.79 Å². The van der Waals surface area contributed by atoms with E-state index in [-0.39, 0.29) is 16.6 Å². The van der Waals surface area contributed by atoms with Gasteiger partial charge >= 0.3 is 0 Å². The Kier molecular flexibility index (Phi) is 2.71. The Morgan fingerprint density at radius 2 is 1.62 bits per heavy atom. The minimum absolute atomic E-state index is 0.0220. The van der Waals surface area contributed by atoms with Crippen molar-refractivity contribution in [3.05, 3.63) is 11.6 Å². The molecule has 0 bridgehead atoms. The fourth-order valence-electron chi connectivity index (χ4n) is 2.71. The van der Waals surface area contributed by atoms with Crippen LogP contribution in [0.15, 0.2) is 11.6 Å². The van der Waals surface area contributed by atoms with Crippen molar-refractivity contribution in [1.82, 2.24) is 0 Å². The molecule has 0 unspecified atom stereocenters. The number of hydrogen-bond donors (Lipinski definition) is 0. The topological polar surface area (TPSA) is 18.5 Å². The standard InChI is InChI=1S/C14H24O2/c1-11-6-7-14(13(4,5)8-11)15-9-12(2,3)10-16-14/h8H,6-7,9-10H2,1-5H3. The highest BCUT2D eigenvalue weighted by atomic mass is 16.7. The van der Waals surface area contributed by atoms with E-state index in [1.165, 1.54) is 5.57 Å². The van der Waals surface area contributed by atoms with E-state index < -0.39 is 0 Å². The first-order valence-electron chi connectivity index (χ1n) is 6.23. The van der Waals surface area contributed by atoms with Gasteiger partial charge in [-0.15, -0.1) is 0 Å². The van der Waals surface area contributed by atoms with Gasteiger partial charge in [-0.2, -0.15) is 0 Å². The highest BCUT2D eigenvalue weighted by Crippen LogP contribution is 2.48. The highest BCUT2D eigenvalue weighted by molar-refractivity contribution is 5.16. The first-order valence-corrected chi connectivity index (χ1v) is 6.23. The van der Waals surface area contributed by atoms with Gasteiger partial charge in [0, 0.05) is 17.3 Å². The van der Waals surface area contributed by atoms with E-state index in [9.17, 15) is 0 Å². The SMILES string of the molecule is CC1=CC(C)(C)C2(CC1)OCC(C)(C)CO2. The number of hydrogen-bond acceptors (Lipinski definition) is 2. The van der Waals surface area contributed by atoms with Gasteiger partial charge in [-0.25, -0.2) is 0 Å². The third-order valence-corrected chi connectivity index (χ3v) is 3.83. The molecule has 0 aromatic heterocycles. The summed E-state index contributed by atoms with van der Waals surface area (Å²) in [4.78, 5) is 0. The molecule has 0 amide bonds. The molecular weight excluding hydrogens is 200 g/mol. The van der Waals surface area contributed by atoms with E-state index in [2.05, 4.69) is 40.7 Å². The van der Waals surface area contributed by atoms with Crippen LogP contribution in [0.1, 0.15) is 47.5 Å². The van der Waals surface area contributed by atoms with E-state index in [4.69, 9.17) is 9.47 Å². The smallest absolute Gasteiger partial charge is 0.177 e. The maximum absolute atomic E-state index is 6.12. The second kappa shape index (κ2) is 3.58. The maximum atomic E-state index is 6.12. The quantitative estimate of drug-likeness (QED) is 0.586. The molecule has 1 spiro atoms. The predicted molar refractivity (Wildman–Crippen MR) is 65.2 cm³/mol. The molecule has 1 saturated heterocycles. The van der Waals surface area contributed by atoms with Gasteiger partial charge in [0.1, 0.15) is 0 Å². The zero-order chi connectivity index (χ0) is 12.0. The van der Waals surface area contributed by atoms with Crippen LogP contribution < -0.4 is 0 Å². The van der Waals surface area contributed by atoms with Crippen molar-refractivity contribution >= 4 is 0 Å². The molecule has 0 aromatic carbocycles. The molecule has 1 fully saturated rings. The molecule has 1 aliphatic heterocycles. The van der Waals surface area contributed by atoms with Crippen LogP contribution >= 0.6 is 0 Å². The van der Waals surface area contributed by atoms with E-state index in [1.54, 1.807) is 0 Å². The number of allylic oxidation sites excluding steroid dienone is 1. The summed E-state index contributed by atoms with van der Waals surface area (Å²) in [5.41, 5.74) is 1.58. The molecule has 92 valence electrons. The Hall–Kier alpha value is -0.340. The molecule has 1 heterocycles. The second-order valence-corrected chi connectivity index (χ2v) is 6.71. The Morgan fingerprint density at radius 1 is 1.06 bits per heavy atom. The van der Waals surface area contributed by atoms with Gasteiger partial charge in [-0.3, -0.25) is 0 Å². The third-order valence-electron chi connectivity index (χ3n) is 3.83. The van der Waals surface area contributed by atoms with Gasteiger partial charge in [0.05, 0.1) is 13.2 Å². The molecular formula is C14H24O2. The van der Waals surface area contributed by atoms with Gasteiger partial charge in [-0.05, 0) is 13.3 Å². The summed E-state index contributed by atoms with van der Waals surface area (Å²) < 4.78 is 12.2. The Bertz CT molecular complexity index is 303. The molecule has 2 heteroatoms. The molecule has 0 aromatic rings. The normalized spacial score (nSPS) is 31.2. The Morgan fingerprint density at radius 3 is 2.12 bits per heavy atom. The first kappa shape index (κ1) is 12.1. The van der Waals surface area contributed by atoms with Crippen molar-refractivity contribution in [3.63, 3.8) is 0 Å². The second-order valence-electron chi connectivity index (χ2n) is 6.71. The van der Waals surface area contributed by atoms with Crippen LogP contribution in [0, 0.1) is 10.8 Å². The van der Waals surface area contributed by atoms with E-state index >= 15 is 0 Å². The molecule has 2 rings (SSSR count). The summed E-state index contributed by atoms with van der Waals surface area (Å²) in [6.45, 7) is 12.6. The summed E-state index contributed by atoms with van der Waals surface area (Å²) in [6, 6.07) is 0. The highest BCUT2D eigenvalue weighted by Gasteiger charge is 2.51. The molecule has 0 N–H and O–H groups in total. The van der Waals surface area contributed by atoms with Gasteiger partial charge in [-0.1, -0.05) is 39.3 Å². The van der Waals surface area contributed by atoms with E-state index in [0.717, 1.165) is 26.1 Å². The van der Waals surface area contributed by atoms with Crippen LogP contribution in [0.4, 0.5) is 0 Å². The lowest BCUT2D eigenvalue weighted by Gasteiger charge is -2.52. The van der Waals surface area contributed by atoms with Gasteiger partial charge < -0.3 is 9.47 Å². The summed E-state index contributed by atoms with van der Waals surface area (Å²) in [6.07, 6.45) is 4.39. The lowest BCUT2D eigenvalue weighted by atomic mass is 9.73. The van der Waals surface area contributed by atoms with Crippen molar-refractivity contribution in [1.29, 1.82) is 0 Å². The molecule has 16 heavy (non-hydrogen) atoms. The molecule has 0 saturated carbocycles. The lowest BCUT2D eigenvalue weighted by Crippen LogP contribution is -2.56. The van der Waals surface area contributed by atoms with Crippen molar-refractivity contribution in [2.45, 2.75) is 53.2 Å². The average molecular weight is 224 g/mol. The molecule has 0 atom stereocenters. The average Bonchev–Trinajstić information content (AvgIpc) is 2.14. The molecule has 0 radical (unpaired) electrons. The van der Waals surface area contributed by atoms with Crippen molar-refractivity contribution in [3.8, 4) is 0 Å². The van der Waals surface area contributed by atoms with E-state index in [1.807, 2.05) is 0 Å². The summed E-state index contributed by atoms with van der Waals surface area (Å²) in [5.74, 6) is -0.387. The van der Waals surface area contributed by atoms with Crippen molar-refractivity contribution < 1.29 is 9.47 Å². The van der Waals surface area contributed by atoms with Crippen molar-refractivity contribution in [2.24, 2.45) is 10.8 Å². The molecule has 2 aliphatic rings. The van der Waals surface area contributed by atoms with Gasteiger partial charge in [0.2, 0.25) is 0 Å². The van der Waals surface area contributed by atoms with Crippen LogP contribution in [0.2, 0.25) is 0 Å². The zero-order valence-electron chi connectivity index (χ0n) is 11.2. The molecule has 1 aliphatic carbocycles. The fourth-order valence-corrected chi connectivity index (χ4v) is 2.71. The van der Waals surface area contributed by atoms with E-state index in [0.29, 0.717) is 0 Å². The minimum atomic E-state index is -0.387. The fraction of sp³-hybridized carbons (Fsp3) is 0.857. The minimum Gasteiger partial charge on any atom is -0.348 e. The van der Waals surface area contributed by atoms with Crippen LogP contribution in [-0.4, -0.2) is 19.0 Å². The monoisotopic (exact) mass is 224 g/mol. The number of rotatable bonds is 0. The van der Waals surface area contributed by atoms with Crippen molar-refractivity contribution in [2.75, 3.05) is 13.2 Å². The largest absolute Gasteiger partial charge is 0.348 e. The Labute approximate surface area is 99.0 Å². The van der Waals surface area contributed by atoms with Crippen LogP contribution in [0.3, 0.4) is 0 Å². The van der Waals surface area contributed by atoms with Crippen LogP contribution in [0.25, 0.3) is 0 Å². The summed E-state index contributed by atoms with van der Waals surface area (Å²) in [7, 11) is 0. The zero-order valence-corrected chi connectivity index (χ0v) is 11.2. The Balaban J connectivity index is 2.21. The maximum Gasteiger partial charge on any atom is 0.177 e. The van der Waals surface area contributed by atoms with Crippen LogP contribution in [-0.2, 0) is 9.47 Å². The third kappa shape index (κ3) is 1.93. The summed E-state index contributed by atoms with van der Waals surface area (Å²) >= 11 is 0. The molecule has 2 nitrogen and oxygen atoms in total. The predicted octanol–water partition coefficient (Wildman–Crippen LogP) is 3.52.